The Bertz CT molecular complexity index is 650. The Morgan fingerprint density at radius 3 is 2.76 bits per heavy atom. The number of para-hydroxylation sites is 1. The molecular weight excluding hydrogens is 266 g/mol. The highest BCUT2D eigenvalue weighted by atomic mass is 16.5. The molecule has 4 heteroatoms. The number of methoxy groups -OCH3 is 1. The molecule has 0 aliphatic rings. The fourth-order valence-corrected chi connectivity index (χ4v) is 2.27. The molecule has 1 heterocycles. The van der Waals surface area contributed by atoms with Crippen LogP contribution in [0.3, 0.4) is 0 Å². The summed E-state index contributed by atoms with van der Waals surface area (Å²) in [5.41, 5.74) is 2.87. The monoisotopic (exact) mass is 287 g/mol. The number of aryl methyl sites for hydroxylation is 2. The first-order valence-corrected chi connectivity index (χ1v) is 7.14. The van der Waals surface area contributed by atoms with Gasteiger partial charge in [-0.3, -0.25) is 4.79 Å². The fourth-order valence-electron chi connectivity index (χ4n) is 2.27. The normalized spacial score (nSPS) is 10.9. The summed E-state index contributed by atoms with van der Waals surface area (Å²) in [7, 11) is 1.40. The Morgan fingerprint density at radius 1 is 1.33 bits per heavy atom. The molecule has 0 amide bonds. The van der Waals surface area contributed by atoms with Crippen LogP contribution in [-0.2, 0) is 16.0 Å². The zero-order chi connectivity index (χ0) is 15.4. The number of hydrogen-bond acceptors (Lipinski definition) is 4. The molecule has 0 bridgehead atoms. The Morgan fingerprint density at radius 2 is 2.10 bits per heavy atom. The van der Waals surface area contributed by atoms with E-state index in [1.165, 1.54) is 7.11 Å². The minimum absolute atomic E-state index is 0.0939. The molecular formula is C17H21NO3. The zero-order valence-corrected chi connectivity index (χ0v) is 13.0. The fraction of sp³-hybridized carbons (Fsp3) is 0.412. The topological polar surface area (TPSA) is 48.4 Å². The summed E-state index contributed by atoms with van der Waals surface area (Å²) in [6.45, 7) is 6.03. The first-order valence-electron chi connectivity index (χ1n) is 7.14. The summed E-state index contributed by atoms with van der Waals surface area (Å²) >= 11 is 0. The van der Waals surface area contributed by atoms with Crippen LogP contribution in [0.15, 0.2) is 24.3 Å². The van der Waals surface area contributed by atoms with Gasteiger partial charge in [0.1, 0.15) is 11.3 Å². The van der Waals surface area contributed by atoms with Crippen LogP contribution < -0.4 is 4.74 Å². The molecule has 0 saturated heterocycles. The lowest BCUT2D eigenvalue weighted by atomic mass is 10.1. The quantitative estimate of drug-likeness (QED) is 0.790. The molecule has 0 saturated carbocycles. The number of benzene rings is 1. The number of carbonyl (C=O) groups is 1. The summed E-state index contributed by atoms with van der Waals surface area (Å²) in [6, 6.07) is 7.96. The lowest BCUT2D eigenvalue weighted by Gasteiger charge is -2.13. The highest BCUT2D eigenvalue weighted by Crippen LogP contribution is 2.27. The van der Waals surface area contributed by atoms with Gasteiger partial charge in [0.2, 0.25) is 0 Å². The number of hydrogen-bond donors (Lipinski definition) is 0. The minimum atomic E-state index is -0.221. The first-order chi connectivity index (χ1) is 10.0. The van der Waals surface area contributed by atoms with Gasteiger partial charge in [0.25, 0.3) is 0 Å². The summed E-state index contributed by atoms with van der Waals surface area (Å²) < 4.78 is 10.5. The molecule has 112 valence electrons. The maximum atomic E-state index is 11.3. The number of carbonyl (C=O) groups excluding carboxylic acids is 1. The van der Waals surface area contributed by atoms with Crippen molar-refractivity contribution in [3.63, 3.8) is 0 Å². The van der Waals surface area contributed by atoms with Crippen molar-refractivity contribution in [2.75, 3.05) is 7.11 Å². The summed E-state index contributed by atoms with van der Waals surface area (Å²) in [5.74, 6) is 0.562. The van der Waals surface area contributed by atoms with Crippen molar-refractivity contribution in [2.24, 2.45) is 0 Å². The van der Waals surface area contributed by atoms with Crippen LogP contribution in [-0.4, -0.2) is 24.2 Å². The van der Waals surface area contributed by atoms with Gasteiger partial charge in [-0.25, -0.2) is 4.98 Å². The second kappa shape index (κ2) is 6.57. The Hall–Kier alpha value is -2.10. The minimum Gasteiger partial charge on any atom is -0.489 e. The third kappa shape index (κ3) is 3.72. The van der Waals surface area contributed by atoms with Gasteiger partial charge >= 0.3 is 5.97 Å². The molecule has 0 fully saturated rings. The molecule has 0 unspecified atom stereocenters. The maximum absolute atomic E-state index is 11.3. The molecule has 0 atom stereocenters. The molecule has 0 spiro atoms. The van der Waals surface area contributed by atoms with Crippen molar-refractivity contribution < 1.29 is 14.3 Å². The molecule has 21 heavy (non-hydrogen) atoms. The van der Waals surface area contributed by atoms with E-state index in [1.807, 2.05) is 45.0 Å². The van der Waals surface area contributed by atoms with Crippen molar-refractivity contribution in [3.05, 3.63) is 35.5 Å². The summed E-state index contributed by atoms with van der Waals surface area (Å²) in [5, 5.41) is 1.08. The Labute approximate surface area is 125 Å². The van der Waals surface area contributed by atoms with Crippen molar-refractivity contribution in [3.8, 4) is 5.75 Å². The van der Waals surface area contributed by atoms with E-state index in [1.54, 1.807) is 0 Å². The molecule has 2 rings (SSSR count). The van der Waals surface area contributed by atoms with Gasteiger partial charge < -0.3 is 9.47 Å². The maximum Gasteiger partial charge on any atom is 0.305 e. The highest BCUT2D eigenvalue weighted by molar-refractivity contribution is 5.87. The number of nitrogens with zero attached hydrogens (tertiary/aromatic N) is 1. The van der Waals surface area contributed by atoms with Crippen molar-refractivity contribution in [1.82, 2.24) is 4.98 Å². The number of rotatable bonds is 5. The van der Waals surface area contributed by atoms with E-state index < -0.39 is 0 Å². The molecule has 4 nitrogen and oxygen atoms in total. The van der Waals surface area contributed by atoms with Crippen LogP contribution in [0.4, 0.5) is 0 Å². The van der Waals surface area contributed by atoms with Crippen molar-refractivity contribution in [1.29, 1.82) is 0 Å². The predicted octanol–water partition coefficient (Wildman–Crippen LogP) is 3.44. The van der Waals surface area contributed by atoms with Crippen LogP contribution in [0.1, 0.15) is 31.5 Å². The second-order valence-corrected chi connectivity index (χ2v) is 5.33. The first kappa shape index (κ1) is 15.3. The standard InChI is InChI=1S/C17H21NO3/c1-11(2)21-15-7-5-6-14-12(3)10-13(18-17(14)15)8-9-16(19)20-4/h5-7,10-11H,8-9H2,1-4H3. The molecule has 2 aromatic rings. The Kier molecular flexibility index (Phi) is 4.78. The van der Waals surface area contributed by atoms with Gasteiger partial charge in [-0.15, -0.1) is 0 Å². The van der Waals surface area contributed by atoms with E-state index in [9.17, 15) is 4.79 Å². The van der Waals surface area contributed by atoms with Crippen LogP contribution in [0.5, 0.6) is 5.75 Å². The van der Waals surface area contributed by atoms with Crippen LogP contribution in [0, 0.1) is 6.92 Å². The SMILES string of the molecule is COC(=O)CCc1cc(C)c2cccc(OC(C)C)c2n1. The number of aromatic nitrogens is 1. The van der Waals surface area contributed by atoms with E-state index in [4.69, 9.17) is 4.74 Å². The van der Waals surface area contributed by atoms with Gasteiger partial charge in [0, 0.05) is 17.5 Å². The van der Waals surface area contributed by atoms with E-state index >= 15 is 0 Å². The Balaban J connectivity index is 2.39. The van der Waals surface area contributed by atoms with Gasteiger partial charge in [0.15, 0.2) is 0 Å². The van der Waals surface area contributed by atoms with Crippen molar-refractivity contribution in [2.45, 2.75) is 39.7 Å². The average molecular weight is 287 g/mol. The summed E-state index contributed by atoms with van der Waals surface area (Å²) in [4.78, 5) is 15.9. The lowest BCUT2D eigenvalue weighted by Crippen LogP contribution is -2.07. The predicted molar refractivity (Wildman–Crippen MR) is 82.6 cm³/mol. The largest absolute Gasteiger partial charge is 0.489 e. The van der Waals surface area contributed by atoms with E-state index in [-0.39, 0.29) is 12.1 Å². The van der Waals surface area contributed by atoms with Gasteiger partial charge in [-0.05, 0) is 38.5 Å². The second-order valence-electron chi connectivity index (χ2n) is 5.33. The van der Waals surface area contributed by atoms with Crippen LogP contribution in [0.25, 0.3) is 10.9 Å². The number of fused-ring (bicyclic) bond motifs is 1. The molecule has 1 aromatic carbocycles. The number of esters is 1. The lowest BCUT2D eigenvalue weighted by molar-refractivity contribution is -0.140. The molecule has 0 radical (unpaired) electrons. The summed E-state index contributed by atoms with van der Waals surface area (Å²) in [6.07, 6.45) is 0.998. The number of ether oxygens (including phenoxy) is 2. The van der Waals surface area contributed by atoms with Crippen molar-refractivity contribution >= 4 is 16.9 Å². The number of pyridine rings is 1. The van der Waals surface area contributed by atoms with E-state index in [2.05, 4.69) is 9.72 Å². The third-order valence-electron chi connectivity index (χ3n) is 3.24. The average Bonchev–Trinajstić information content (AvgIpc) is 2.45. The van der Waals surface area contributed by atoms with Crippen LogP contribution >= 0.6 is 0 Å². The van der Waals surface area contributed by atoms with Crippen LogP contribution in [0.2, 0.25) is 0 Å². The van der Waals surface area contributed by atoms with Gasteiger partial charge in [-0.1, -0.05) is 12.1 Å². The third-order valence-corrected chi connectivity index (χ3v) is 3.24. The molecule has 0 aliphatic heterocycles. The smallest absolute Gasteiger partial charge is 0.305 e. The van der Waals surface area contributed by atoms with E-state index in [0.717, 1.165) is 27.9 Å². The van der Waals surface area contributed by atoms with Gasteiger partial charge in [0.05, 0.1) is 19.6 Å². The molecule has 1 aromatic heterocycles. The highest BCUT2D eigenvalue weighted by Gasteiger charge is 2.10. The van der Waals surface area contributed by atoms with Gasteiger partial charge in [-0.2, -0.15) is 0 Å². The zero-order valence-electron chi connectivity index (χ0n) is 13.0. The van der Waals surface area contributed by atoms with E-state index in [0.29, 0.717) is 12.8 Å². The molecule has 0 aliphatic carbocycles. The molecule has 0 N–H and O–H groups in total.